The second-order valence-electron chi connectivity index (χ2n) is 6.20. The molecule has 2 atom stereocenters. The Kier molecular flexibility index (Phi) is 3.75. The number of carbonyl (C=O) groups excluding carboxylic acids is 1. The van der Waals surface area contributed by atoms with Crippen LogP contribution in [0.3, 0.4) is 0 Å². The van der Waals surface area contributed by atoms with Gasteiger partial charge in [0.25, 0.3) is 0 Å². The van der Waals surface area contributed by atoms with Crippen LogP contribution in [0.4, 0.5) is 0 Å². The summed E-state index contributed by atoms with van der Waals surface area (Å²) in [5.41, 5.74) is 5.28. The van der Waals surface area contributed by atoms with Crippen molar-refractivity contribution in [3.63, 3.8) is 0 Å². The molecule has 3 aromatic rings. The van der Waals surface area contributed by atoms with E-state index in [2.05, 4.69) is 36.4 Å². The summed E-state index contributed by atoms with van der Waals surface area (Å²) in [4.78, 5) is 12.5. The third kappa shape index (κ3) is 2.89. The van der Waals surface area contributed by atoms with Gasteiger partial charge in [0.05, 0.1) is 0 Å². The molecule has 4 rings (SSSR count). The predicted octanol–water partition coefficient (Wildman–Crippen LogP) is 4.98. The number of Topliss-reactive ketones (excluding diaryl/α,β-unsaturated/α-hetero) is 1. The molecule has 3 aromatic carbocycles. The van der Waals surface area contributed by atoms with Crippen LogP contribution in [0.5, 0.6) is 0 Å². The Morgan fingerprint density at radius 3 is 2.08 bits per heavy atom. The van der Waals surface area contributed by atoms with E-state index in [9.17, 15) is 4.79 Å². The van der Waals surface area contributed by atoms with E-state index in [1.165, 1.54) is 11.1 Å². The van der Waals surface area contributed by atoms with Crippen LogP contribution in [0.15, 0.2) is 78.9 Å². The van der Waals surface area contributed by atoms with Crippen molar-refractivity contribution in [3.05, 3.63) is 95.6 Å². The van der Waals surface area contributed by atoms with Gasteiger partial charge in [-0.2, -0.15) is 0 Å². The summed E-state index contributed by atoms with van der Waals surface area (Å²) in [6, 6.07) is 26.2. The highest BCUT2D eigenvalue weighted by atomic mass is 16.6. The summed E-state index contributed by atoms with van der Waals surface area (Å²) in [7, 11) is 0. The maximum atomic E-state index is 12.5. The van der Waals surface area contributed by atoms with E-state index < -0.39 is 0 Å². The molecular formula is C22H18O2. The standard InChI is InChI=1S/C22H18O2/c1-15-7-9-18(10-8-15)20(23)22-21(24-22)19-13-11-17(12-14-19)16-5-3-2-4-6-16/h2-14,21-22H,1H3. The lowest BCUT2D eigenvalue weighted by molar-refractivity contribution is 0.0953. The van der Waals surface area contributed by atoms with Gasteiger partial charge in [-0.25, -0.2) is 0 Å². The minimum atomic E-state index is -0.352. The monoisotopic (exact) mass is 314 g/mol. The van der Waals surface area contributed by atoms with E-state index in [4.69, 9.17) is 4.74 Å². The first kappa shape index (κ1) is 14.9. The number of hydrogen-bond acceptors (Lipinski definition) is 2. The Hall–Kier alpha value is -2.71. The summed E-state index contributed by atoms with van der Waals surface area (Å²) in [5, 5.41) is 0. The summed E-state index contributed by atoms with van der Waals surface area (Å²) in [6.07, 6.45) is -0.473. The fourth-order valence-electron chi connectivity index (χ4n) is 2.94. The molecule has 2 nitrogen and oxygen atoms in total. The molecule has 1 fully saturated rings. The van der Waals surface area contributed by atoms with E-state index in [0.29, 0.717) is 5.56 Å². The number of carbonyl (C=O) groups is 1. The number of rotatable bonds is 4. The fourth-order valence-corrected chi connectivity index (χ4v) is 2.94. The molecule has 2 heteroatoms. The molecule has 0 aromatic heterocycles. The molecule has 0 N–H and O–H groups in total. The van der Waals surface area contributed by atoms with E-state index in [1.54, 1.807) is 0 Å². The molecule has 0 bridgehead atoms. The molecule has 0 amide bonds. The van der Waals surface area contributed by atoms with Gasteiger partial charge in [-0.3, -0.25) is 4.79 Å². The highest BCUT2D eigenvalue weighted by Gasteiger charge is 2.46. The van der Waals surface area contributed by atoms with Crippen molar-refractivity contribution in [2.24, 2.45) is 0 Å². The zero-order valence-electron chi connectivity index (χ0n) is 13.5. The van der Waals surface area contributed by atoms with Gasteiger partial charge in [-0.1, -0.05) is 84.4 Å². The number of epoxide rings is 1. The smallest absolute Gasteiger partial charge is 0.194 e. The Morgan fingerprint density at radius 2 is 1.42 bits per heavy atom. The molecule has 1 saturated heterocycles. The van der Waals surface area contributed by atoms with E-state index in [0.717, 1.165) is 11.1 Å². The van der Waals surface area contributed by atoms with Crippen LogP contribution in [0.2, 0.25) is 0 Å². The van der Waals surface area contributed by atoms with Crippen molar-refractivity contribution in [2.45, 2.75) is 19.1 Å². The van der Waals surface area contributed by atoms with Crippen LogP contribution in [0.25, 0.3) is 11.1 Å². The number of hydrogen-bond donors (Lipinski definition) is 0. The van der Waals surface area contributed by atoms with Gasteiger partial charge in [0.15, 0.2) is 11.9 Å². The van der Waals surface area contributed by atoms with Crippen LogP contribution in [-0.2, 0) is 4.74 Å². The van der Waals surface area contributed by atoms with Gasteiger partial charge in [0.1, 0.15) is 6.10 Å². The zero-order valence-corrected chi connectivity index (χ0v) is 13.5. The minimum Gasteiger partial charge on any atom is -0.356 e. The van der Waals surface area contributed by atoms with Gasteiger partial charge in [-0.05, 0) is 23.6 Å². The Morgan fingerprint density at radius 1 is 0.792 bits per heavy atom. The molecule has 1 aliphatic rings. The first-order valence-corrected chi connectivity index (χ1v) is 8.14. The molecule has 1 aliphatic heterocycles. The summed E-state index contributed by atoms with van der Waals surface area (Å²) >= 11 is 0. The van der Waals surface area contributed by atoms with Crippen LogP contribution < -0.4 is 0 Å². The van der Waals surface area contributed by atoms with Crippen molar-refractivity contribution in [2.75, 3.05) is 0 Å². The van der Waals surface area contributed by atoms with E-state index in [-0.39, 0.29) is 18.0 Å². The second-order valence-corrected chi connectivity index (χ2v) is 6.20. The average molecular weight is 314 g/mol. The third-order valence-corrected chi connectivity index (χ3v) is 4.43. The van der Waals surface area contributed by atoms with Gasteiger partial charge < -0.3 is 4.74 Å². The summed E-state index contributed by atoms with van der Waals surface area (Å²) in [6.45, 7) is 2.01. The molecule has 0 aliphatic carbocycles. The molecule has 1 heterocycles. The lowest BCUT2D eigenvalue weighted by Gasteiger charge is -2.03. The highest BCUT2D eigenvalue weighted by molar-refractivity contribution is 6.01. The van der Waals surface area contributed by atoms with Crippen molar-refractivity contribution in [3.8, 4) is 11.1 Å². The van der Waals surface area contributed by atoms with E-state index in [1.807, 2.05) is 49.4 Å². The molecular weight excluding hydrogens is 296 g/mol. The quantitative estimate of drug-likeness (QED) is 0.502. The molecule has 118 valence electrons. The largest absolute Gasteiger partial charge is 0.356 e. The Labute approximate surface area is 141 Å². The molecule has 2 unspecified atom stereocenters. The van der Waals surface area contributed by atoms with Crippen LogP contribution in [0, 0.1) is 6.92 Å². The summed E-state index contributed by atoms with van der Waals surface area (Å²) < 4.78 is 5.65. The SMILES string of the molecule is Cc1ccc(C(=O)C2OC2c2ccc(-c3ccccc3)cc2)cc1. The Bertz CT molecular complexity index is 849. The number of ether oxygens (including phenoxy) is 1. The van der Waals surface area contributed by atoms with Gasteiger partial charge in [0.2, 0.25) is 0 Å². The van der Waals surface area contributed by atoms with Crippen molar-refractivity contribution in [1.29, 1.82) is 0 Å². The second kappa shape index (κ2) is 6.06. The zero-order chi connectivity index (χ0) is 16.5. The molecule has 0 spiro atoms. The van der Waals surface area contributed by atoms with Crippen LogP contribution in [0.1, 0.15) is 27.6 Å². The van der Waals surface area contributed by atoms with Crippen molar-refractivity contribution in [1.82, 2.24) is 0 Å². The third-order valence-electron chi connectivity index (χ3n) is 4.43. The lowest BCUT2D eigenvalue weighted by Crippen LogP contribution is -2.08. The van der Waals surface area contributed by atoms with Gasteiger partial charge in [0, 0.05) is 5.56 Å². The van der Waals surface area contributed by atoms with Crippen molar-refractivity contribution < 1.29 is 9.53 Å². The topological polar surface area (TPSA) is 29.6 Å². The predicted molar refractivity (Wildman–Crippen MR) is 95.0 cm³/mol. The number of benzene rings is 3. The highest BCUT2D eigenvalue weighted by Crippen LogP contribution is 2.41. The maximum Gasteiger partial charge on any atom is 0.194 e. The Balaban J connectivity index is 1.48. The normalized spacial score (nSPS) is 19.0. The van der Waals surface area contributed by atoms with Gasteiger partial charge in [-0.15, -0.1) is 0 Å². The number of aryl methyl sites for hydroxylation is 1. The first-order chi connectivity index (χ1) is 11.7. The van der Waals surface area contributed by atoms with Gasteiger partial charge >= 0.3 is 0 Å². The van der Waals surface area contributed by atoms with E-state index >= 15 is 0 Å². The van der Waals surface area contributed by atoms with Crippen LogP contribution in [-0.4, -0.2) is 11.9 Å². The molecule has 0 radical (unpaired) electrons. The number of ketones is 1. The maximum absolute atomic E-state index is 12.5. The average Bonchev–Trinajstić information content (AvgIpc) is 3.43. The molecule has 0 saturated carbocycles. The van der Waals surface area contributed by atoms with Crippen LogP contribution >= 0.6 is 0 Å². The van der Waals surface area contributed by atoms with Crippen molar-refractivity contribution >= 4 is 5.78 Å². The summed E-state index contributed by atoms with van der Waals surface area (Å²) in [5.74, 6) is 0.0622. The minimum absolute atomic E-state index is 0.0622. The lowest BCUT2D eigenvalue weighted by atomic mass is 9.99. The first-order valence-electron chi connectivity index (χ1n) is 8.14. The fraction of sp³-hybridized carbons (Fsp3) is 0.136. The molecule has 24 heavy (non-hydrogen) atoms.